The lowest BCUT2D eigenvalue weighted by atomic mass is 10.1. The molecule has 1 aliphatic rings. The van der Waals surface area contributed by atoms with Gasteiger partial charge < -0.3 is 4.74 Å². The Morgan fingerprint density at radius 2 is 1.95 bits per heavy atom. The van der Waals surface area contributed by atoms with Crippen molar-refractivity contribution in [2.24, 2.45) is 0 Å². The van der Waals surface area contributed by atoms with E-state index in [9.17, 15) is 9.00 Å². The van der Waals surface area contributed by atoms with Crippen LogP contribution in [-0.4, -0.2) is 32.0 Å². The molecule has 0 spiro atoms. The zero-order chi connectivity index (χ0) is 14.0. The van der Waals surface area contributed by atoms with Crippen LogP contribution in [0.1, 0.15) is 26.3 Å². The van der Waals surface area contributed by atoms with Crippen LogP contribution in [0, 0.1) is 0 Å². The van der Waals surface area contributed by atoms with Gasteiger partial charge in [0, 0.05) is 0 Å². The summed E-state index contributed by atoms with van der Waals surface area (Å²) in [5, 5.41) is 0. The number of hydrogen-bond acceptors (Lipinski definition) is 3. The Bertz CT molecular complexity index is 481. The van der Waals surface area contributed by atoms with Crippen molar-refractivity contribution in [3.05, 3.63) is 35.9 Å². The maximum atomic E-state index is 12.4. The van der Waals surface area contributed by atoms with E-state index in [1.54, 1.807) is 0 Å². The first-order valence-electron chi connectivity index (χ1n) is 6.31. The van der Waals surface area contributed by atoms with E-state index in [2.05, 4.69) is 0 Å². The van der Waals surface area contributed by atoms with E-state index in [1.165, 1.54) is 4.31 Å². The van der Waals surface area contributed by atoms with E-state index in [0.29, 0.717) is 13.0 Å². The second-order valence-corrected chi connectivity index (χ2v) is 7.72. The SMILES string of the molecule is CC(C)(C)S(=O)N1C(=O)OC[C@@H]1Cc1ccccc1. The van der Waals surface area contributed by atoms with Gasteiger partial charge in [0.15, 0.2) is 0 Å². The van der Waals surface area contributed by atoms with E-state index >= 15 is 0 Å². The van der Waals surface area contributed by atoms with Crippen molar-refractivity contribution in [1.29, 1.82) is 0 Å². The van der Waals surface area contributed by atoms with Crippen LogP contribution in [0.4, 0.5) is 4.79 Å². The second kappa shape index (κ2) is 5.33. The molecule has 2 rings (SSSR count). The first kappa shape index (κ1) is 14.1. The molecule has 0 radical (unpaired) electrons. The monoisotopic (exact) mass is 281 g/mol. The maximum absolute atomic E-state index is 12.4. The summed E-state index contributed by atoms with van der Waals surface area (Å²) in [5.74, 6) is 0. The smallest absolute Gasteiger partial charge is 0.422 e. The van der Waals surface area contributed by atoms with Gasteiger partial charge in [0.25, 0.3) is 0 Å². The van der Waals surface area contributed by atoms with Crippen LogP contribution in [0.2, 0.25) is 0 Å². The molecule has 19 heavy (non-hydrogen) atoms. The lowest BCUT2D eigenvalue weighted by Crippen LogP contribution is -2.43. The zero-order valence-electron chi connectivity index (χ0n) is 11.5. The summed E-state index contributed by atoms with van der Waals surface area (Å²) in [4.78, 5) is 11.8. The van der Waals surface area contributed by atoms with Gasteiger partial charge in [-0.2, -0.15) is 0 Å². The first-order valence-corrected chi connectivity index (χ1v) is 7.42. The molecule has 1 fully saturated rings. The largest absolute Gasteiger partial charge is 0.446 e. The van der Waals surface area contributed by atoms with Crippen LogP contribution in [-0.2, 0) is 22.1 Å². The Hall–Kier alpha value is -1.36. The Morgan fingerprint density at radius 3 is 2.53 bits per heavy atom. The predicted octanol–water partition coefficient (Wildman–Crippen LogP) is 2.51. The highest BCUT2D eigenvalue weighted by Crippen LogP contribution is 2.25. The highest BCUT2D eigenvalue weighted by molar-refractivity contribution is 7.84. The molecule has 104 valence electrons. The molecule has 0 saturated carbocycles. The van der Waals surface area contributed by atoms with Crippen molar-refractivity contribution in [2.45, 2.75) is 38.0 Å². The van der Waals surface area contributed by atoms with Crippen molar-refractivity contribution >= 4 is 17.1 Å². The van der Waals surface area contributed by atoms with Gasteiger partial charge in [-0.15, -0.1) is 0 Å². The van der Waals surface area contributed by atoms with Crippen LogP contribution >= 0.6 is 0 Å². The van der Waals surface area contributed by atoms with Crippen molar-refractivity contribution in [1.82, 2.24) is 4.31 Å². The molecule has 0 aliphatic carbocycles. The molecule has 1 heterocycles. The highest BCUT2D eigenvalue weighted by Gasteiger charge is 2.41. The molecule has 4 nitrogen and oxygen atoms in total. The molecule has 1 aromatic rings. The molecular formula is C14H19NO3S. The molecule has 2 atom stereocenters. The quantitative estimate of drug-likeness (QED) is 0.855. The molecule has 1 aromatic carbocycles. The van der Waals surface area contributed by atoms with Crippen LogP contribution in [0.15, 0.2) is 30.3 Å². The summed E-state index contributed by atoms with van der Waals surface area (Å²) in [6, 6.07) is 9.71. The van der Waals surface area contributed by atoms with Gasteiger partial charge in [-0.1, -0.05) is 30.3 Å². The number of amides is 1. The number of cyclic esters (lactones) is 1. The van der Waals surface area contributed by atoms with E-state index in [0.717, 1.165) is 5.56 Å². The molecule has 1 aliphatic heterocycles. The normalized spacial score (nSPS) is 21.3. The number of carbonyl (C=O) groups excluding carboxylic acids is 1. The van der Waals surface area contributed by atoms with Crippen LogP contribution < -0.4 is 0 Å². The average molecular weight is 281 g/mol. The minimum absolute atomic E-state index is 0.157. The minimum Gasteiger partial charge on any atom is -0.446 e. The number of rotatable bonds is 3. The third-order valence-corrected chi connectivity index (χ3v) is 4.78. The van der Waals surface area contributed by atoms with Crippen LogP contribution in [0.25, 0.3) is 0 Å². The Kier molecular flexibility index (Phi) is 3.94. The molecule has 1 unspecified atom stereocenters. The predicted molar refractivity (Wildman–Crippen MR) is 75.0 cm³/mol. The maximum Gasteiger partial charge on any atom is 0.422 e. The lowest BCUT2D eigenvalue weighted by Gasteiger charge is -2.27. The van der Waals surface area contributed by atoms with E-state index in [-0.39, 0.29) is 6.04 Å². The summed E-state index contributed by atoms with van der Waals surface area (Å²) in [5.41, 5.74) is 1.11. The number of carbonyl (C=O) groups is 1. The molecule has 1 amide bonds. The minimum atomic E-state index is -1.39. The summed E-state index contributed by atoms with van der Waals surface area (Å²) in [7, 11) is -1.39. The molecule has 0 bridgehead atoms. The third-order valence-electron chi connectivity index (χ3n) is 2.93. The van der Waals surface area contributed by atoms with Crippen molar-refractivity contribution in [3.63, 3.8) is 0 Å². The molecule has 1 saturated heterocycles. The lowest BCUT2D eigenvalue weighted by molar-refractivity contribution is 0.170. The molecule has 5 heteroatoms. The standard InChI is InChI=1S/C14H19NO3S/c1-14(2,3)19(17)15-12(10-18-13(15)16)9-11-7-5-4-6-8-11/h4-8,12H,9-10H2,1-3H3/t12-,19?/m0/s1. The fourth-order valence-corrected chi connectivity index (χ4v) is 3.16. The third kappa shape index (κ3) is 3.15. The Balaban J connectivity index is 2.16. The number of benzene rings is 1. The second-order valence-electron chi connectivity index (χ2n) is 5.61. The van der Waals surface area contributed by atoms with E-state index in [4.69, 9.17) is 4.74 Å². The van der Waals surface area contributed by atoms with Gasteiger partial charge in [-0.05, 0) is 32.8 Å². The van der Waals surface area contributed by atoms with E-state index in [1.807, 2.05) is 51.1 Å². The van der Waals surface area contributed by atoms with Gasteiger partial charge in [0.05, 0.1) is 10.8 Å². The summed E-state index contributed by atoms with van der Waals surface area (Å²) < 4.78 is 18.4. The number of nitrogens with zero attached hydrogens (tertiary/aromatic N) is 1. The number of hydrogen-bond donors (Lipinski definition) is 0. The van der Waals surface area contributed by atoms with Crippen molar-refractivity contribution in [2.75, 3.05) is 6.61 Å². The summed E-state index contributed by atoms with van der Waals surface area (Å²) in [6.07, 6.45) is 0.184. The van der Waals surface area contributed by atoms with Crippen LogP contribution in [0.5, 0.6) is 0 Å². The fraction of sp³-hybridized carbons (Fsp3) is 0.500. The van der Waals surface area contributed by atoms with Gasteiger partial charge in [-0.25, -0.2) is 13.3 Å². The first-order chi connectivity index (χ1) is 8.89. The number of ether oxygens (including phenoxy) is 1. The zero-order valence-corrected chi connectivity index (χ0v) is 12.3. The van der Waals surface area contributed by atoms with Gasteiger partial charge in [0.1, 0.15) is 17.6 Å². The molecule has 0 aromatic heterocycles. The van der Waals surface area contributed by atoms with Crippen molar-refractivity contribution in [3.8, 4) is 0 Å². The molecular weight excluding hydrogens is 262 g/mol. The average Bonchev–Trinajstić information content (AvgIpc) is 2.70. The molecule has 0 N–H and O–H groups in total. The van der Waals surface area contributed by atoms with E-state index < -0.39 is 21.8 Å². The van der Waals surface area contributed by atoms with Gasteiger partial charge in [-0.3, -0.25) is 0 Å². The summed E-state index contributed by atoms with van der Waals surface area (Å²) in [6.45, 7) is 5.87. The Morgan fingerprint density at radius 1 is 1.32 bits per heavy atom. The van der Waals surface area contributed by atoms with Crippen LogP contribution in [0.3, 0.4) is 0 Å². The topological polar surface area (TPSA) is 46.6 Å². The van der Waals surface area contributed by atoms with Gasteiger partial charge in [0.2, 0.25) is 0 Å². The fourth-order valence-electron chi connectivity index (χ4n) is 1.97. The highest BCUT2D eigenvalue weighted by atomic mass is 32.2. The summed E-state index contributed by atoms with van der Waals surface area (Å²) >= 11 is 0. The van der Waals surface area contributed by atoms with Gasteiger partial charge >= 0.3 is 6.09 Å². The van der Waals surface area contributed by atoms with Crippen molar-refractivity contribution < 1.29 is 13.7 Å². The Labute approximate surface area is 116 Å².